The van der Waals surface area contributed by atoms with E-state index >= 15 is 0 Å². The largest absolute Gasteiger partial charge is 0.382 e. The SMILES string of the molecule is CCC1CC(Nc2ccc3[nH]ncc3c2)CCO1. The zero-order valence-electron chi connectivity index (χ0n) is 10.6. The second kappa shape index (κ2) is 4.98. The van der Waals surface area contributed by atoms with Crippen LogP contribution in [-0.2, 0) is 4.74 Å². The van der Waals surface area contributed by atoms with Crippen LogP contribution in [0.15, 0.2) is 24.4 Å². The van der Waals surface area contributed by atoms with E-state index in [1.54, 1.807) is 0 Å². The molecule has 1 aliphatic rings. The lowest BCUT2D eigenvalue weighted by molar-refractivity contribution is 0.00926. The number of fused-ring (bicyclic) bond motifs is 1. The second-order valence-electron chi connectivity index (χ2n) is 4.94. The number of aromatic amines is 1. The van der Waals surface area contributed by atoms with Gasteiger partial charge in [0.25, 0.3) is 0 Å². The highest BCUT2D eigenvalue weighted by molar-refractivity contribution is 5.81. The molecule has 1 aromatic heterocycles. The standard InChI is InChI=1S/C14H19N3O/c1-2-13-8-12(5-6-18-13)16-11-3-4-14-10(7-11)9-15-17-14/h3-4,7,9,12-13,16H,2,5-6,8H2,1H3,(H,15,17). The van der Waals surface area contributed by atoms with Gasteiger partial charge in [-0.2, -0.15) is 5.10 Å². The summed E-state index contributed by atoms with van der Waals surface area (Å²) in [5, 5.41) is 11.8. The van der Waals surface area contributed by atoms with Crippen molar-refractivity contribution < 1.29 is 4.74 Å². The quantitative estimate of drug-likeness (QED) is 0.874. The fourth-order valence-electron chi connectivity index (χ4n) is 2.56. The van der Waals surface area contributed by atoms with Crippen molar-refractivity contribution in [1.82, 2.24) is 10.2 Å². The average molecular weight is 245 g/mol. The highest BCUT2D eigenvalue weighted by Crippen LogP contribution is 2.22. The average Bonchev–Trinajstić information content (AvgIpc) is 2.86. The van der Waals surface area contributed by atoms with Gasteiger partial charge in [0.1, 0.15) is 0 Å². The van der Waals surface area contributed by atoms with E-state index in [2.05, 4.69) is 40.6 Å². The predicted octanol–water partition coefficient (Wildman–Crippen LogP) is 2.93. The van der Waals surface area contributed by atoms with Crippen molar-refractivity contribution in [2.75, 3.05) is 11.9 Å². The molecule has 96 valence electrons. The number of benzene rings is 1. The Morgan fingerprint density at radius 3 is 3.33 bits per heavy atom. The minimum absolute atomic E-state index is 0.411. The lowest BCUT2D eigenvalue weighted by Crippen LogP contribution is -2.33. The van der Waals surface area contributed by atoms with Crippen LogP contribution in [0.4, 0.5) is 5.69 Å². The summed E-state index contributed by atoms with van der Waals surface area (Å²) < 4.78 is 5.70. The summed E-state index contributed by atoms with van der Waals surface area (Å²) in [4.78, 5) is 0. The molecule has 4 nitrogen and oxygen atoms in total. The number of anilines is 1. The molecule has 0 amide bonds. The molecule has 0 radical (unpaired) electrons. The number of rotatable bonds is 3. The second-order valence-corrected chi connectivity index (χ2v) is 4.94. The predicted molar refractivity (Wildman–Crippen MR) is 72.8 cm³/mol. The Bertz CT molecular complexity index is 522. The van der Waals surface area contributed by atoms with E-state index in [9.17, 15) is 0 Å². The number of ether oxygens (including phenoxy) is 1. The monoisotopic (exact) mass is 245 g/mol. The van der Waals surface area contributed by atoms with Gasteiger partial charge in [0.05, 0.1) is 17.8 Å². The van der Waals surface area contributed by atoms with Crippen LogP contribution >= 0.6 is 0 Å². The van der Waals surface area contributed by atoms with Crippen molar-refractivity contribution in [2.45, 2.75) is 38.3 Å². The highest BCUT2D eigenvalue weighted by Gasteiger charge is 2.20. The molecule has 2 aromatic rings. The summed E-state index contributed by atoms with van der Waals surface area (Å²) >= 11 is 0. The van der Waals surface area contributed by atoms with Crippen LogP contribution in [-0.4, -0.2) is 29.0 Å². The van der Waals surface area contributed by atoms with Crippen LogP contribution in [0.3, 0.4) is 0 Å². The summed E-state index contributed by atoms with van der Waals surface area (Å²) in [6, 6.07) is 6.85. The number of H-pyrrole nitrogens is 1. The maximum absolute atomic E-state index is 5.70. The Morgan fingerprint density at radius 2 is 2.44 bits per heavy atom. The van der Waals surface area contributed by atoms with E-state index in [1.165, 1.54) is 5.69 Å². The smallest absolute Gasteiger partial charge is 0.0651 e. The van der Waals surface area contributed by atoms with E-state index < -0.39 is 0 Å². The Labute approximate surface area is 107 Å². The summed E-state index contributed by atoms with van der Waals surface area (Å²) in [7, 11) is 0. The molecule has 2 N–H and O–H groups in total. The first-order valence-corrected chi connectivity index (χ1v) is 6.66. The molecule has 0 bridgehead atoms. The Balaban J connectivity index is 1.71. The molecular formula is C14H19N3O. The molecule has 4 heteroatoms. The van der Waals surface area contributed by atoms with E-state index in [0.29, 0.717) is 12.1 Å². The molecule has 1 aromatic carbocycles. The first-order chi connectivity index (χ1) is 8.85. The highest BCUT2D eigenvalue weighted by atomic mass is 16.5. The maximum Gasteiger partial charge on any atom is 0.0651 e. The minimum atomic E-state index is 0.411. The third kappa shape index (κ3) is 2.34. The number of hydrogen-bond donors (Lipinski definition) is 2. The Kier molecular flexibility index (Phi) is 3.19. The van der Waals surface area contributed by atoms with Crippen molar-refractivity contribution in [2.24, 2.45) is 0 Å². The van der Waals surface area contributed by atoms with Gasteiger partial charge < -0.3 is 10.1 Å². The molecule has 2 atom stereocenters. The van der Waals surface area contributed by atoms with E-state index in [-0.39, 0.29) is 0 Å². The number of hydrogen-bond acceptors (Lipinski definition) is 3. The molecule has 0 saturated carbocycles. The molecule has 0 spiro atoms. The third-order valence-electron chi connectivity index (χ3n) is 3.63. The first-order valence-electron chi connectivity index (χ1n) is 6.66. The lowest BCUT2D eigenvalue weighted by Gasteiger charge is -2.30. The number of aromatic nitrogens is 2. The first kappa shape index (κ1) is 11.5. The molecule has 3 rings (SSSR count). The van der Waals surface area contributed by atoms with Gasteiger partial charge in [-0.05, 0) is 37.5 Å². The maximum atomic E-state index is 5.70. The summed E-state index contributed by atoms with van der Waals surface area (Å²) in [5.74, 6) is 0. The molecule has 1 fully saturated rings. The van der Waals surface area contributed by atoms with Crippen molar-refractivity contribution >= 4 is 16.6 Å². The van der Waals surface area contributed by atoms with E-state index in [1.807, 2.05) is 6.20 Å². The van der Waals surface area contributed by atoms with Gasteiger partial charge in [-0.3, -0.25) is 5.10 Å². The fourth-order valence-corrected chi connectivity index (χ4v) is 2.56. The topological polar surface area (TPSA) is 49.9 Å². The normalized spacial score (nSPS) is 24.3. The van der Waals surface area contributed by atoms with Crippen molar-refractivity contribution in [3.8, 4) is 0 Å². The summed E-state index contributed by atoms with van der Waals surface area (Å²) in [5.41, 5.74) is 2.25. The van der Waals surface area contributed by atoms with Crippen molar-refractivity contribution in [1.29, 1.82) is 0 Å². The van der Waals surface area contributed by atoms with Crippen LogP contribution in [0.5, 0.6) is 0 Å². The van der Waals surface area contributed by atoms with Gasteiger partial charge >= 0.3 is 0 Å². The van der Waals surface area contributed by atoms with Gasteiger partial charge in [-0.1, -0.05) is 6.92 Å². The van der Waals surface area contributed by atoms with Crippen LogP contribution in [0, 0.1) is 0 Å². The van der Waals surface area contributed by atoms with Crippen molar-refractivity contribution in [3.05, 3.63) is 24.4 Å². The van der Waals surface area contributed by atoms with Gasteiger partial charge in [-0.25, -0.2) is 0 Å². The van der Waals surface area contributed by atoms with Gasteiger partial charge in [-0.15, -0.1) is 0 Å². The molecule has 2 heterocycles. The van der Waals surface area contributed by atoms with E-state index in [0.717, 1.165) is 36.8 Å². The molecular weight excluding hydrogens is 226 g/mol. The van der Waals surface area contributed by atoms with Gasteiger partial charge in [0, 0.05) is 23.7 Å². The summed E-state index contributed by atoms with van der Waals surface area (Å²) in [6.07, 6.45) is 5.55. The van der Waals surface area contributed by atoms with Crippen LogP contribution in [0.25, 0.3) is 10.9 Å². The molecule has 1 aliphatic heterocycles. The van der Waals surface area contributed by atoms with Crippen LogP contribution < -0.4 is 5.32 Å². The summed E-state index contributed by atoms with van der Waals surface area (Å²) in [6.45, 7) is 3.05. The van der Waals surface area contributed by atoms with E-state index in [4.69, 9.17) is 4.74 Å². The number of nitrogens with zero attached hydrogens (tertiary/aromatic N) is 1. The van der Waals surface area contributed by atoms with Crippen LogP contribution in [0.2, 0.25) is 0 Å². The number of nitrogens with one attached hydrogen (secondary N) is 2. The molecule has 0 aliphatic carbocycles. The molecule has 2 unspecified atom stereocenters. The lowest BCUT2D eigenvalue weighted by atomic mass is 10.0. The molecule has 1 saturated heterocycles. The van der Waals surface area contributed by atoms with Crippen LogP contribution in [0.1, 0.15) is 26.2 Å². The van der Waals surface area contributed by atoms with Crippen molar-refractivity contribution in [3.63, 3.8) is 0 Å². The Hall–Kier alpha value is -1.55. The zero-order chi connectivity index (χ0) is 12.4. The third-order valence-corrected chi connectivity index (χ3v) is 3.63. The fraction of sp³-hybridized carbons (Fsp3) is 0.500. The molecule has 18 heavy (non-hydrogen) atoms. The zero-order valence-corrected chi connectivity index (χ0v) is 10.6. The van der Waals surface area contributed by atoms with Gasteiger partial charge in [0.15, 0.2) is 0 Å². The Morgan fingerprint density at radius 1 is 1.50 bits per heavy atom. The minimum Gasteiger partial charge on any atom is -0.382 e. The van der Waals surface area contributed by atoms with Gasteiger partial charge in [0.2, 0.25) is 0 Å².